The van der Waals surface area contributed by atoms with Crippen molar-refractivity contribution in [2.75, 3.05) is 27.4 Å². The van der Waals surface area contributed by atoms with Crippen LogP contribution in [0.1, 0.15) is 27.5 Å². The first-order valence-corrected chi connectivity index (χ1v) is 11.8. The lowest BCUT2D eigenvalue weighted by molar-refractivity contribution is 0.0590. The molecular weight excluding hydrogens is 482 g/mol. The van der Waals surface area contributed by atoms with Crippen molar-refractivity contribution in [3.63, 3.8) is 0 Å². The summed E-state index contributed by atoms with van der Waals surface area (Å²) in [6.45, 7) is 0.585. The van der Waals surface area contributed by atoms with Gasteiger partial charge in [-0.15, -0.1) is 0 Å². The molecule has 0 radical (unpaired) electrons. The van der Waals surface area contributed by atoms with Crippen LogP contribution in [0.3, 0.4) is 0 Å². The van der Waals surface area contributed by atoms with Crippen LogP contribution in [0.5, 0.6) is 17.2 Å². The Bertz CT molecular complexity index is 1500. The van der Waals surface area contributed by atoms with Crippen molar-refractivity contribution >= 4 is 28.5 Å². The second-order valence-electron chi connectivity index (χ2n) is 8.42. The highest BCUT2D eigenvalue weighted by molar-refractivity contribution is 6.31. The number of fused-ring (bicyclic) bond motifs is 2. The Morgan fingerprint density at radius 1 is 1.00 bits per heavy atom. The molecule has 0 N–H and O–H groups in total. The van der Waals surface area contributed by atoms with Gasteiger partial charge >= 0.3 is 5.63 Å². The molecular formula is C28H24ClNO6. The molecule has 36 heavy (non-hydrogen) atoms. The lowest BCUT2D eigenvalue weighted by atomic mass is 9.91. The normalized spacial score (nSPS) is 14.9. The SMILES string of the molecule is COc1cc2c(cc1OC)C(COc1cc(=O)oc3ccccc13)N(C(=O)c1cccc(Cl)c1)CC2. The molecule has 2 heterocycles. The molecule has 0 fully saturated rings. The fourth-order valence-corrected chi connectivity index (χ4v) is 4.80. The lowest BCUT2D eigenvalue weighted by Gasteiger charge is -2.37. The van der Waals surface area contributed by atoms with Crippen molar-refractivity contribution in [3.05, 3.63) is 98.9 Å². The minimum Gasteiger partial charge on any atom is -0.493 e. The van der Waals surface area contributed by atoms with Crippen LogP contribution < -0.4 is 19.8 Å². The molecule has 1 aromatic heterocycles. The maximum absolute atomic E-state index is 13.6. The molecule has 0 spiro atoms. The van der Waals surface area contributed by atoms with Crippen molar-refractivity contribution in [3.8, 4) is 17.2 Å². The smallest absolute Gasteiger partial charge is 0.339 e. The van der Waals surface area contributed by atoms with E-state index in [9.17, 15) is 9.59 Å². The average molecular weight is 506 g/mol. The molecule has 8 heteroatoms. The Morgan fingerprint density at radius 3 is 2.56 bits per heavy atom. The summed E-state index contributed by atoms with van der Waals surface area (Å²) >= 11 is 6.17. The number of nitrogens with zero attached hydrogens (tertiary/aromatic N) is 1. The first-order valence-electron chi connectivity index (χ1n) is 11.5. The molecule has 0 saturated carbocycles. The van der Waals surface area contributed by atoms with Gasteiger partial charge in [0.1, 0.15) is 17.9 Å². The topological polar surface area (TPSA) is 78.2 Å². The Kier molecular flexibility index (Phi) is 6.57. The fraction of sp³-hybridized carbons (Fsp3) is 0.214. The predicted molar refractivity (Wildman–Crippen MR) is 136 cm³/mol. The highest BCUT2D eigenvalue weighted by Crippen LogP contribution is 2.39. The zero-order valence-electron chi connectivity index (χ0n) is 19.8. The van der Waals surface area contributed by atoms with Crippen LogP contribution in [0.15, 0.2) is 75.9 Å². The third kappa shape index (κ3) is 4.50. The van der Waals surface area contributed by atoms with Crippen molar-refractivity contribution in [1.29, 1.82) is 0 Å². The van der Waals surface area contributed by atoms with Gasteiger partial charge < -0.3 is 23.5 Å². The summed E-state index contributed by atoms with van der Waals surface area (Å²) in [7, 11) is 3.16. The summed E-state index contributed by atoms with van der Waals surface area (Å²) in [5.41, 5.74) is 2.34. The van der Waals surface area contributed by atoms with Gasteiger partial charge in [0.15, 0.2) is 11.5 Å². The van der Waals surface area contributed by atoms with Crippen molar-refractivity contribution in [1.82, 2.24) is 4.90 Å². The summed E-state index contributed by atoms with van der Waals surface area (Å²) in [6.07, 6.45) is 0.635. The summed E-state index contributed by atoms with van der Waals surface area (Å²) in [4.78, 5) is 27.5. The number of halogens is 1. The standard InChI is InChI=1S/C28H24ClNO6/c1-33-25-13-17-10-11-30(28(32)18-6-5-7-19(29)12-18)22(21(17)14-26(25)34-2)16-35-24-15-27(31)36-23-9-4-3-8-20(23)24/h3-9,12-15,22H,10-11,16H2,1-2H3. The number of methoxy groups -OCH3 is 2. The molecule has 3 aromatic carbocycles. The van der Waals surface area contributed by atoms with Gasteiger partial charge in [0.25, 0.3) is 5.91 Å². The number of carbonyl (C=O) groups excluding carboxylic acids is 1. The third-order valence-corrected chi connectivity index (χ3v) is 6.58. The van der Waals surface area contributed by atoms with E-state index in [4.69, 9.17) is 30.2 Å². The van der Waals surface area contributed by atoms with E-state index in [0.29, 0.717) is 51.8 Å². The van der Waals surface area contributed by atoms with Gasteiger partial charge in [-0.1, -0.05) is 29.8 Å². The van der Waals surface area contributed by atoms with Gasteiger partial charge in [0.2, 0.25) is 0 Å². The maximum atomic E-state index is 13.6. The molecule has 0 aliphatic carbocycles. The highest BCUT2D eigenvalue weighted by Gasteiger charge is 2.33. The van der Waals surface area contributed by atoms with E-state index in [1.165, 1.54) is 6.07 Å². The first-order chi connectivity index (χ1) is 17.5. The zero-order chi connectivity index (χ0) is 25.2. The molecule has 1 aliphatic rings. The summed E-state index contributed by atoms with van der Waals surface area (Å²) in [5.74, 6) is 1.41. The molecule has 1 amide bonds. The van der Waals surface area contributed by atoms with E-state index in [2.05, 4.69) is 0 Å². The second kappa shape index (κ2) is 9.95. The summed E-state index contributed by atoms with van der Waals surface area (Å²) in [5, 5.41) is 1.16. The molecule has 1 unspecified atom stereocenters. The zero-order valence-corrected chi connectivity index (χ0v) is 20.6. The molecule has 7 nitrogen and oxygen atoms in total. The van der Waals surface area contributed by atoms with Gasteiger partial charge in [0, 0.05) is 17.1 Å². The summed E-state index contributed by atoms with van der Waals surface area (Å²) in [6, 6.07) is 18.7. The molecule has 0 saturated heterocycles. The Balaban J connectivity index is 1.56. The van der Waals surface area contributed by atoms with Crippen molar-refractivity contribution in [2.24, 2.45) is 0 Å². The Labute approximate surface area is 212 Å². The van der Waals surface area contributed by atoms with Crippen LogP contribution in [-0.2, 0) is 6.42 Å². The average Bonchev–Trinajstić information content (AvgIpc) is 2.90. The second-order valence-corrected chi connectivity index (χ2v) is 8.85. The largest absolute Gasteiger partial charge is 0.493 e. The third-order valence-electron chi connectivity index (χ3n) is 6.34. The molecule has 1 aliphatic heterocycles. The Morgan fingerprint density at radius 2 is 1.78 bits per heavy atom. The van der Waals surface area contributed by atoms with Gasteiger partial charge in [-0.05, 0) is 60.0 Å². The number of amides is 1. The summed E-state index contributed by atoms with van der Waals surface area (Å²) < 4.78 is 22.5. The quantitative estimate of drug-likeness (QED) is 0.332. The first kappa shape index (κ1) is 23.8. The number of ether oxygens (including phenoxy) is 3. The minimum absolute atomic E-state index is 0.113. The van der Waals surface area contributed by atoms with Gasteiger partial charge in [0.05, 0.1) is 31.7 Å². The lowest BCUT2D eigenvalue weighted by Crippen LogP contribution is -2.42. The predicted octanol–water partition coefficient (Wildman–Crippen LogP) is 5.28. The van der Waals surface area contributed by atoms with Crippen LogP contribution in [0.2, 0.25) is 5.02 Å². The number of hydrogen-bond acceptors (Lipinski definition) is 6. The molecule has 4 aromatic rings. The van der Waals surface area contributed by atoms with Crippen molar-refractivity contribution < 1.29 is 23.4 Å². The van der Waals surface area contributed by atoms with E-state index in [-0.39, 0.29) is 12.5 Å². The van der Waals surface area contributed by atoms with Crippen molar-refractivity contribution in [2.45, 2.75) is 12.5 Å². The fourth-order valence-electron chi connectivity index (χ4n) is 4.61. The maximum Gasteiger partial charge on any atom is 0.339 e. The molecule has 0 bridgehead atoms. The van der Waals surface area contributed by atoms with Crippen LogP contribution in [0.4, 0.5) is 0 Å². The van der Waals surface area contributed by atoms with Gasteiger partial charge in [-0.2, -0.15) is 0 Å². The molecule has 184 valence electrons. The minimum atomic E-state index is -0.508. The van der Waals surface area contributed by atoms with Crippen LogP contribution in [0, 0.1) is 0 Å². The number of para-hydroxylation sites is 1. The molecule has 5 rings (SSSR count). The number of carbonyl (C=O) groups is 1. The van der Waals surface area contributed by atoms with E-state index < -0.39 is 11.7 Å². The van der Waals surface area contributed by atoms with E-state index in [1.807, 2.05) is 24.3 Å². The monoisotopic (exact) mass is 505 g/mol. The number of rotatable bonds is 6. The van der Waals surface area contributed by atoms with Gasteiger partial charge in [-0.3, -0.25) is 4.79 Å². The Hall–Kier alpha value is -3.97. The highest BCUT2D eigenvalue weighted by atomic mass is 35.5. The number of hydrogen-bond donors (Lipinski definition) is 0. The van der Waals surface area contributed by atoms with Gasteiger partial charge in [-0.25, -0.2) is 4.79 Å². The van der Waals surface area contributed by atoms with E-state index >= 15 is 0 Å². The van der Waals surface area contributed by atoms with Crippen LogP contribution in [0.25, 0.3) is 11.0 Å². The van der Waals surface area contributed by atoms with Crippen LogP contribution >= 0.6 is 11.6 Å². The van der Waals surface area contributed by atoms with E-state index in [1.54, 1.807) is 55.5 Å². The molecule has 1 atom stereocenters. The number of benzene rings is 3. The van der Waals surface area contributed by atoms with Crippen LogP contribution in [-0.4, -0.2) is 38.2 Å². The van der Waals surface area contributed by atoms with E-state index in [0.717, 1.165) is 11.1 Å².